The largest absolute Gasteiger partial charge is 0.479 e. The molecule has 0 aromatic heterocycles. The molecule has 0 saturated carbocycles. The average molecular weight is 357 g/mol. The molecule has 0 radical (unpaired) electrons. The first-order chi connectivity index (χ1) is 12.5. The van der Waals surface area contributed by atoms with Crippen LogP contribution in [-0.2, 0) is 14.3 Å². The van der Waals surface area contributed by atoms with Gasteiger partial charge < -0.3 is 24.3 Å². The van der Waals surface area contributed by atoms with E-state index in [-0.39, 0.29) is 6.79 Å². The Balaban J connectivity index is 1.47. The Labute approximate surface area is 150 Å². The van der Waals surface area contributed by atoms with Crippen LogP contribution in [0.5, 0.6) is 17.2 Å². The maximum atomic E-state index is 12.0. The number of ether oxygens (including phenoxy) is 4. The van der Waals surface area contributed by atoms with E-state index in [9.17, 15) is 9.59 Å². The minimum Gasteiger partial charge on any atom is -0.479 e. The summed E-state index contributed by atoms with van der Waals surface area (Å²) in [6, 6.07) is 12.3. The number of aryl methyl sites for hydroxylation is 1. The van der Waals surface area contributed by atoms with Crippen molar-refractivity contribution in [3.05, 3.63) is 48.0 Å². The van der Waals surface area contributed by atoms with E-state index in [0.717, 1.165) is 5.56 Å². The van der Waals surface area contributed by atoms with Crippen molar-refractivity contribution in [3.8, 4) is 17.2 Å². The second-order valence-corrected chi connectivity index (χ2v) is 5.80. The standard InChI is InChI=1S/C19H19NO6/c1-12-4-3-5-15(8-12)26-13(2)19(22)23-10-18(21)20-14-6-7-16-17(9-14)25-11-24-16/h3-9,13H,10-11H2,1-2H3,(H,20,21)/t13-/m0/s1. The van der Waals surface area contributed by atoms with Gasteiger partial charge in [0.2, 0.25) is 6.79 Å². The Kier molecular flexibility index (Phi) is 5.26. The molecule has 1 N–H and O–H groups in total. The van der Waals surface area contributed by atoms with Gasteiger partial charge >= 0.3 is 5.97 Å². The smallest absolute Gasteiger partial charge is 0.347 e. The molecule has 0 unspecified atom stereocenters. The van der Waals surface area contributed by atoms with Crippen LogP contribution in [0.2, 0.25) is 0 Å². The van der Waals surface area contributed by atoms with Gasteiger partial charge in [0.05, 0.1) is 0 Å². The van der Waals surface area contributed by atoms with Crippen molar-refractivity contribution >= 4 is 17.6 Å². The first-order valence-corrected chi connectivity index (χ1v) is 8.11. The van der Waals surface area contributed by atoms with E-state index in [4.69, 9.17) is 18.9 Å². The number of anilines is 1. The number of hydrogen-bond donors (Lipinski definition) is 1. The molecule has 26 heavy (non-hydrogen) atoms. The number of rotatable bonds is 6. The van der Waals surface area contributed by atoms with Crippen molar-refractivity contribution in [2.24, 2.45) is 0 Å². The van der Waals surface area contributed by atoms with Crippen molar-refractivity contribution in [1.82, 2.24) is 0 Å². The molecule has 1 atom stereocenters. The van der Waals surface area contributed by atoms with Crippen molar-refractivity contribution < 1.29 is 28.5 Å². The highest BCUT2D eigenvalue weighted by Crippen LogP contribution is 2.34. The highest BCUT2D eigenvalue weighted by molar-refractivity contribution is 5.93. The van der Waals surface area contributed by atoms with Crippen LogP contribution in [0.4, 0.5) is 5.69 Å². The number of esters is 1. The number of carbonyl (C=O) groups is 2. The lowest BCUT2D eigenvalue weighted by molar-refractivity contribution is -0.153. The van der Waals surface area contributed by atoms with Gasteiger partial charge in [-0.15, -0.1) is 0 Å². The molecule has 0 fully saturated rings. The number of fused-ring (bicyclic) bond motifs is 1. The zero-order chi connectivity index (χ0) is 18.5. The van der Waals surface area contributed by atoms with Gasteiger partial charge in [0, 0.05) is 11.8 Å². The van der Waals surface area contributed by atoms with E-state index in [1.807, 2.05) is 25.1 Å². The predicted molar refractivity (Wildman–Crippen MR) is 93.4 cm³/mol. The molecule has 0 bridgehead atoms. The normalized spacial score (nSPS) is 13.0. The number of amides is 1. The Morgan fingerprint density at radius 3 is 2.77 bits per heavy atom. The van der Waals surface area contributed by atoms with Crippen molar-refractivity contribution in [2.75, 3.05) is 18.7 Å². The van der Waals surface area contributed by atoms with E-state index in [2.05, 4.69) is 5.32 Å². The third-order valence-corrected chi connectivity index (χ3v) is 3.64. The molecule has 2 aromatic carbocycles. The van der Waals surface area contributed by atoms with Crippen LogP contribution in [0.15, 0.2) is 42.5 Å². The zero-order valence-corrected chi connectivity index (χ0v) is 14.5. The van der Waals surface area contributed by atoms with Gasteiger partial charge in [0.1, 0.15) is 5.75 Å². The first kappa shape index (κ1) is 17.6. The van der Waals surface area contributed by atoms with Crippen molar-refractivity contribution in [3.63, 3.8) is 0 Å². The Bertz CT molecular complexity index is 819. The summed E-state index contributed by atoms with van der Waals surface area (Å²) in [5, 5.41) is 2.63. The Morgan fingerprint density at radius 2 is 1.96 bits per heavy atom. The van der Waals surface area contributed by atoms with Crippen molar-refractivity contribution in [1.29, 1.82) is 0 Å². The van der Waals surface area contributed by atoms with Gasteiger partial charge in [-0.25, -0.2) is 4.79 Å². The van der Waals surface area contributed by atoms with Gasteiger partial charge in [0.25, 0.3) is 5.91 Å². The van der Waals surface area contributed by atoms with Crippen molar-refractivity contribution in [2.45, 2.75) is 20.0 Å². The second-order valence-electron chi connectivity index (χ2n) is 5.80. The van der Waals surface area contributed by atoms with Crippen LogP contribution in [0.25, 0.3) is 0 Å². The lowest BCUT2D eigenvalue weighted by atomic mass is 10.2. The molecule has 0 aliphatic carbocycles. The second kappa shape index (κ2) is 7.77. The van der Waals surface area contributed by atoms with E-state index >= 15 is 0 Å². The van der Waals surface area contributed by atoms with Gasteiger partial charge in [-0.3, -0.25) is 4.79 Å². The summed E-state index contributed by atoms with van der Waals surface area (Å²) in [5.74, 6) is 0.670. The molecule has 0 spiro atoms. The number of benzene rings is 2. The molecule has 1 aliphatic heterocycles. The molecule has 0 saturated heterocycles. The molecular weight excluding hydrogens is 338 g/mol. The maximum absolute atomic E-state index is 12.0. The Morgan fingerprint density at radius 1 is 1.15 bits per heavy atom. The summed E-state index contributed by atoms with van der Waals surface area (Å²) in [6.45, 7) is 3.24. The topological polar surface area (TPSA) is 83.1 Å². The third kappa shape index (κ3) is 4.44. The molecular formula is C19H19NO6. The molecule has 1 heterocycles. The van der Waals surface area contributed by atoms with E-state index in [0.29, 0.717) is 22.9 Å². The summed E-state index contributed by atoms with van der Waals surface area (Å²) in [6.07, 6.45) is -0.824. The van der Waals surface area contributed by atoms with E-state index in [1.54, 1.807) is 31.2 Å². The predicted octanol–water partition coefficient (Wildman–Crippen LogP) is 2.67. The van der Waals surface area contributed by atoms with Gasteiger partial charge in [-0.05, 0) is 43.7 Å². The number of carbonyl (C=O) groups excluding carboxylic acids is 2. The SMILES string of the molecule is Cc1cccc(O[C@@H](C)C(=O)OCC(=O)Nc2ccc3c(c2)OCO3)c1. The maximum Gasteiger partial charge on any atom is 0.347 e. The third-order valence-electron chi connectivity index (χ3n) is 3.64. The summed E-state index contributed by atoms with van der Waals surface area (Å²) in [7, 11) is 0. The minimum absolute atomic E-state index is 0.156. The van der Waals surface area contributed by atoms with Crippen LogP contribution in [0.3, 0.4) is 0 Å². The van der Waals surface area contributed by atoms with E-state index in [1.165, 1.54) is 0 Å². The van der Waals surface area contributed by atoms with Crippen LogP contribution in [0.1, 0.15) is 12.5 Å². The molecule has 7 nitrogen and oxygen atoms in total. The fourth-order valence-electron chi connectivity index (χ4n) is 2.37. The minimum atomic E-state index is -0.824. The van der Waals surface area contributed by atoms with Gasteiger partial charge in [-0.1, -0.05) is 12.1 Å². The lowest BCUT2D eigenvalue weighted by Gasteiger charge is -2.14. The van der Waals surface area contributed by atoms with Gasteiger partial charge in [-0.2, -0.15) is 0 Å². The summed E-state index contributed by atoms with van der Waals surface area (Å²) in [5.41, 5.74) is 1.55. The van der Waals surface area contributed by atoms with Gasteiger partial charge in [0.15, 0.2) is 24.2 Å². The zero-order valence-electron chi connectivity index (χ0n) is 14.5. The highest BCUT2D eigenvalue weighted by Gasteiger charge is 2.19. The molecule has 7 heteroatoms. The molecule has 1 aliphatic rings. The van der Waals surface area contributed by atoms with Crippen LogP contribution in [0, 0.1) is 6.92 Å². The summed E-state index contributed by atoms with van der Waals surface area (Å²) in [4.78, 5) is 23.9. The Hall–Kier alpha value is -3.22. The van der Waals surface area contributed by atoms with Crippen LogP contribution >= 0.6 is 0 Å². The lowest BCUT2D eigenvalue weighted by Crippen LogP contribution is -2.29. The fraction of sp³-hybridized carbons (Fsp3) is 0.263. The van der Waals surface area contributed by atoms with E-state index < -0.39 is 24.6 Å². The van der Waals surface area contributed by atoms with Crippen LogP contribution in [-0.4, -0.2) is 31.4 Å². The molecule has 3 rings (SSSR count). The number of nitrogens with one attached hydrogen (secondary N) is 1. The molecule has 1 amide bonds. The summed E-state index contributed by atoms with van der Waals surface area (Å²) >= 11 is 0. The molecule has 2 aromatic rings. The highest BCUT2D eigenvalue weighted by atomic mass is 16.7. The van der Waals surface area contributed by atoms with Crippen LogP contribution < -0.4 is 19.5 Å². The monoisotopic (exact) mass is 357 g/mol. The first-order valence-electron chi connectivity index (χ1n) is 8.11. The molecule has 136 valence electrons. The number of hydrogen-bond acceptors (Lipinski definition) is 6. The quantitative estimate of drug-likeness (QED) is 0.801. The fourth-order valence-corrected chi connectivity index (χ4v) is 2.37. The summed E-state index contributed by atoms with van der Waals surface area (Å²) < 4.78 is 21.0. The average Bonchev–Trinajstić information content (AvgIpc) is 3.07.